The minimum absolute atomic E-state index is 0.154. The molecule has 1 heterocycles. The normalized spacial score (nSPS) is 10.8. The highest BCUT2D eigenvalue weighted by molar-refractivity contribution is 7.13. The Morgan fingerprint density at radius 3 is 2.29 bits per heavy atom. The Labute approximate surface area is 202 Å². The summed E-state index contributed by atoms with van der Waals surface area (Å²) >= 11 is 1.49. The summed E-state index contributed by atoms with van der Waals surface area (Å²) in [6.07, 6.45) is 1.67. The van der Waals surface area contributed by atoms with E-state index in [0.717, 1.165) is 27.8 Å². The molecule has 7 nitrogen and oxygen atoms in total. The molecule has 0 bridgehead atoms. The molecule has 8 heteroatoms. The number of aromatic nitrogens is 1. The number of anilines is 3. The highest BCUT2D eigenvalue weighted by Gasteiger charge is 2.19. The fourth-order valence-electron chi connectivity index (χ4n) is 3.25. The molecule has 1 N–H and O–H groups in total. The van der Waals surface area contributed by atoms with E-state index in [1.165, 1.54) is 11.3 Å². The molecule has 0 aliphatic rings. The van der Waals surface area contributed by atoms with Gasteiger partial charge in [-0.05, 0) is 55.0 Å². The summed E-state index contributed by atoms with van der Waals surface area (Å²) in [4.78, 5) is 19.1. The van der Waals surface area contributed by atoms with E-state index < -0.39 is 0 Å². The van der Waals surface area contributed by atoms with Crippen LogP contribution in [0, 0.1) is 6.92 Å². The van der Waals surface area contributed by atoms with Gasteiger partial charge in [0.1, 0.15) is 0 Å². The second kappa shape index (κ2) is 11.1. The first-order chi connectivity index (χ1) is 16.6. The first-order valence-electron chi connectivity index (χ1n) is 10.6. The van der Waals surface area contributed by atoms with Crippen molar-refractivity contribution in [1.29, 1.82) is 0 Å². The Morgan fingerprint density at radius 1 is 1.03 bits per heavy atom. The van der Waals surface area contributed by atoms with Gasteiger partial charge in [-0.25, -0.2) is 4.98 Å². The van der Waals surface area contributed by atoms with Crippen LogP contribution < -0.4 is 19.8 Å². The summed E-state index contributed by atoms with van der Waals surface area (Å²) in [6, 6.07) is 24.4. The highest BCUT2D eigenvalue weighted by Crippen LogP contribution is 2.29. The van der Waals surface area contributed by atoms with Crippen molar-refractivity contribution in [2.45, 2.75) is 6.92 Å². The van der Waals surface area contributed by atoms with Gasteiger partial charge in [0.25, 0.3) is 5.91 Å². The van der Waals surface area contributed by atoms with Gasteiger partial charge in [0, 0.05) is 16.8 Å². The molecule has 3 aromatic carbocycles. The summed E-state index contributed by atoms with van der Waals surface area (Å²) in [5, 5.41) is 6.88. The van der Waals surface area contributed by atoms with Crippen LogP contribution in [0.4, 0.5) is 16.5 Å². The van der Waals surface area contributed by atoms with Gasteiger partial charge in [-0.1, -0.05) is 36.4 Å². The molecule has 4 rings (SSSR count). The molecule has 0 radical (unpaired) electrons. The summed E-state index contributed by atoms with van der Waals surface area (Å²) in [7, 11) is 1.56. The lowest BCUT2D eigenvalue weighted by molar-refractivity contribution is -0.119. The molecule has 172 valence electrons. The van der Waals surface area contributed by atoms with Crippen LogP contribution in [0.25, 0.3) is 0 Å². The van der Waals surface area contributed by atoms with E-state index in [4.69, 9.17) is 9.47 Å². The zero-order chi connectivity index (χ0) is 23.8. The smallest absolute Gasteiger partial charge is 0.269 e. The number of nitrogens with zero attached hydrogens (tertiary/aromatic N) is 3. The van der Waals surface area contributed by atoms with Gasteiger partial charge in [-0.2, -0.15) is 5.10 Å². The number of nitrogens with one attached hydrogen (secondary N) is 1. The van der Waals surface area contributed by atoms with Crippen LogP contribution in [0.15, 0.2) is 89.3 Å². The van der Waals surface area contributed by atoms with E-state index in [9.17, 15) is 4.79 Å². The van der Waals surface area contributed by atoms with Gasteiger partial charge in [0.15, 0.2) is 18.1 Å². The third kappa shape index (κ3) is 5.79. The molecule has 0 saturated heterocycles. The van der Waals surface area contributed by atoms with Gasteiger partial charge in [0.2, 0.25) is 5.13 Å². The van der Waals surface area contributed by atoms with Crippen LogP contribution in [-0.2, 0) is 4.79 Å². The Morgan fingerprint density at radius 2 is 1.71 bits per heavy atom. The van der Waals surface area contributed by atoms with Crippen molar-refractivity contribution in [3.8, 4) is 11.5 Å². The number of thiazole rings is 1. The molecule has 34 heavy (non-hydrogen) atoms. The number of aryl methyl sites for hydroxylation is 1. The van der Waals surface area contributed by atoms with Gasteiger partial charge in [-0.15, -0.1) is 11.3 Å². The van der Waals surface area contributed by atoms with Crippen LogP contribution >= 0.6 is 11.3 Å². The number of rotatable bonds is 9. The number of carbonyl (C=O) groups is 1. The Kier molecular flexibility index (Phi) is 7.52. The van der Waals surface area contributed by atoms with Crippen molar-refractivity contribution in [3.63, 3.8) is 0 Å². The van der Waals surface area contributed by atoms with Crippen molar-refractivity contribution in [3.05, 3.63) is 95.5 Å². The monoisotopic (exact) mass is 472 g/mol. The standard InChI is InChI=1S/C26H24N4O3S/c1-19-18-34-26(28-19)29-27-16-20-13-14-23(24(15-20)32-2)33-17-25(31)30(21-9-5-3-6-10-21)22-11-7-4-8-12-22/h3-16,18H,17H2,1-2H3,(H,28,29). The van der Waals surface area contributed by atoms with Crippen molar-refractivity contribution in [1.82, 2.24) is 4.98 Å². The van der Waals surface area contributed by atoms with Gasteiger partial charge in [-0.3, -0.25) is 15.1 Å². The second-order valence-electron chi connectivity index (χ2n) is 7.26. The maximum absolute atomic E-state index is 13.2. The second-order valence-corrected chi connectivity index (χ2v) is 8.12. The molecule has 1 amide bonds. The number of hydrogen-bond acceptors (Lipinski definition) is 7. The molecule has 0 fully saturated rings. The molecule has 4 aromatic rings. The Bertz CT molecular complexity index is 1220. The zero-order valence-electron chi connectivity index (χ0n) is 18.8. The average molecular weight is 473 g/mol. The van der Waals surface area contributed by atoms with Crippen molar-refractivity contribution in [2.24, 2.45) is 5.10 Å². The van der Waals surface area contributed by atoms with Crippen LogP contribution in [-0.4, -0.2) is 30.8 Å². The quantitative estimate of drug-likeness (QED) is 0.252. The van der Waals surface area contributed by atoms with Crippen molar-refractivity contribution < 1.29 is 14.3 Å². The highest BCUT2D eigenvalue weighted by atomic mass is 32.1. The predicted octanol–water partition coefficient (Wildman–Crippen LogP) is 5.65. The Balaban J connectivity index is 1.45. The topological polar surface area (TPSA) is 76.0 Å². The summed E-state index contributed by atoms with van der Waals surface area (Å²) in [5.41, 5.74) is 6.19. The van der Waals surface area contributed by atoms with Gasteiger partial charge < -0.3 is 9.47 Å². The fraction of sp³-hybridized carbons (Fsp3) is 0.115. The van der Waals surface area contributed by atoms with E-state index >= 15 is 0 Å². The molecule has 0 aliphatic carbocycles. The number of hydrazone groups is 1. The lowest BCUT2D eigenvalue weighted by Gasteiger charge is -2.23. The maximum Gasteiger partial charge on any atom is 0.269 e. The minimum atomic E-state index is -0.201. The van der Waals surface area contributed by atoms with E-state index in [1.807, 2.05) is 79.0 Å². The zero-order valence-corrected chi connectivity index (χ0v) is 19.7. The molecular weight excluding hydrogens is 448 g/mol. The van der Waals surface area contributed by atoms with Crippen LogP contribution in [0.1, 0.15) is 11.3 Å². The molecular formula is C26H24N4O3S. The predicted molar refractivity (Wildman–Crippen MR) is 137 cm³/mol. The number of methoxy groups -OCH3 is 1. The molecule has 0 aliphatic heterocycles. The summed E-state index contributed by atoms with van der Waals surface area (Å²) < 4.78 is 11.3. The first-order valence-corrected chi connectivity index (χ1v) is 11.5. The number of hydrogen-bond donors (Lipinski definition) is 1. The molecule has 1 aromatic heterocycles. The van der Waals surface area contributed by atoms with E-state index in [2.05, 4.69) is 15.5 Å². The Hall–Kier alpha value is -4.17. The number of amides is 1. The average Bonchev–Trinajstić information content (AvgIpc) is 3.29. The third-order valence-corrected chi connectivity index (χ3v) is 5.67. The summed E-state index contributed by atoms with van der Waals surface area (Å²) in [6.45, 7) is 1.77. The number of ether oxygens (including phenoxy) is 2. The van der Waals surface area contributed by atoms with Gasteiger partial charge in [0.05, 0.1) is 19.0 Å². The SMILES string of the molecule is COc1cc(C=NNc2nc(C)cs2)ccc1OCC(=O)N(c1ccccc1)c1ccccc1. The third-order valence-electron chi connectivity index (χ3n) is 4.81. The fourth-order valence-corrected chi connectivity index (χ4v) is 3.88. The largest absolute Gasteiger partial charge is 0.493 e. The number of benzene rings is 3. The first kappa shape index (κ1) is 23.0. The molecule has 0 atom stereocenters. The van der Waals surface area contributed by atoms with Crippen LogP contribution in [0.5, 0.6) is 11.5 Å². The number of carbonyl (C=O) groups excluding carboxylic acids is 1. The van der Waals surface area contributed by atoms with E-state index in [0.29, 0.717) is 11.5 Å². The molecule has 0 saturated carbocycles. The van der Waals surface area contributed by atoms with Crippen LogP contribution in [0.3, 0.4) is 0 Å². The van der Waals surface area contributed by atoms with E-state index in [-0.39, 0.29) is 12.5 Å². The molecule has 0 spiro atoms. The lowest BCUT2D eigenvalue weighted by Crippen LogP contribution is -2.30. The summed E-state index contributed by atoms with van der Waals surface area (Å²) in [5.74, 6) is 0.776. The van der Waals surface area contributed by atoms with Crippen molar-refractivity contribution in [2.75, 3.05) is 24.0 Å². The van der Waals surface area contributed by atoms with Gasteiger partial charge >= 0.3 is 0 Å². The molecule has 0 unspecified atom stereocenters. The van der Waals surface area contributed by atoms with Crippen molar-refractivity contribution >= 4 is 40.0 Å². The van der Waals surface area contributed by atoms with E-state index in [1.54, 1.807) is 30.4 Å². The van der Waals surface area contributed by atoms with Crippen LogP contribution in [0.2, 0.25) is 0 Å². The maximum atomic E-state index is 13.2. The minimum Gasteiger partial charge on any atom is -0.493 e. The number of para-hydroxylation sites is 2. The lowest BCUT2D eigenvalue weighted by atomic mass is 10.2.